The third-order valence-corrected chi connectivity index (χ3v) is 18.3. The van der Waals surface area contributed by atoms with Crippen LogP contribution in [0.3, 0.4) is 0 Å². The number of carboxylic acids is 2. The van der Waals surface area contributed by atoms with Crippen LogP contribution >= 0.6 is 27.7 Å². The third kappa shape index (κ3) is 21.1. The Hall–Kier alpha value is -7.86. The number of aliphatic carboxylic acids is 2. The Balaban J connectivity index is 1.43. The van der Waals surface area contributed by atoms with Gasteiger partial charge in [0.15, 0.2) is 11.6 Å². The molecule has 0 aliphatic carbocycles. The maximum absolute atomic E-state index is 14.7. The van der Waals surface area contributed by atoms with Gasteiger partial charge in [0, 0.05) is 87.0 Å². The number of benzene rings is 1. The van der Waals surface area contributed by atoms with Gasteiger partial charge in [0.25, 0.3) is 5.91 Å². The average Bonchev–Trinajstić information content (AvgIpc) is 2.60. The second-order valence-electron chi connectivity index (χ2n) is 23.2. The van der Waals surface area contributed by atoms with E-state index in [1.54, 1.807) is 45.9 Å². The van der Waals surface area contributed by atoms with Crippen molar-refractivity contribution in [3.63, 3.8) is 0 Å². The lowest BCUT2D eigenvalue weighted by molar-refractivity contribution is -0.148. The van der Waals surface area contributed by atoms with Gasteiger partial charge in [0.05, 0.1) is 59.2 Å². The van der Waals surface area contributed by atoms with Crippen molar-refractivity contribution in [1.29, 1.82) is 0 Å². The van der Waals surface area contributed by atoms with E-state index in [1.807, 2.05) is 0 Å². The number of aliphatic hydroxyl groups is 1. The summed E-state index contributed by atoms with van der Waals surface area (Å²) in [7, 11) is 0. The van der Waals surface area contributed by atoms with Gasteiger partial charge in [-0.05, 0) is 70.8 Å². The number of hydrogen-bond acceptors (Lipinski definition) is 17. The number of rotatable bonds is 23. The molecule has 12 N–H and O–H groups in total. The summed E-state index contributed by atoms with van der Waals surface area (Å²) in [6.07, 6.45) is -2.40. The molecule has 1 saturated heterocycles. The van der Waals surface area contributed by atoms with Gasteiger partial charge in [0.1, 0.15) is 35.7 Å². The van der Waals surface area contributed by atoms with Crippen LogP contribution in [0.15, 0.2) is 33.3 Å². The number of aliphatic hydroxyl groups excluding tert-OH is 1. The average molecular weight is 1340 g/mol. The Morgan fingerprint density at radius 3 is 2.02 bits per heavy atom. The summed E-state index contributed by atoms with van der Waals surface area (Å²) in [5.41, 5.74) is 0.976. The summed E-state index contributed by atoms with van der Waals surface area (Å²) in [5.74, 6) is -15.7. The van der Waals surface area contributed by atoms with Crippen molar-refractivity contribution in [2.75, 3.05) is 38.5 Å². The topological polar surface area (TPSA) is 432 Å². The molecule has 0 spiro atoms. The molecule has 1 aromatic carbocycles. The normalized spacial score (nSPS) is 23.0. The van der Waals surface area contributed by atoms with E-state index in [9.17, 15) is 82.1 Å². The van der Waals surface area contributed by atoms with Gasteiger partial charge in [-0.2, -0.15) is 0 Å². The molecule has 3 aliphatic rings. The largest absolute Gasteiger partial charge is 0.481 e. The highest BCUT2D eigenvalue weighted by Crippen LogP contribution is 2.34. The number of carbonyl (C=O) groups is 15. The number of amides is 9. The van der Waals surface area contributed by atoms with E-state index in [2.05, 4.69) is 63.4 Å². The molecular formula is C60H81BrN10O18S. The summed E-state index contributed by atoms with van der Waals surface area (Å²) in [4.78, 5) is 205. The van der Waals surface area contributed by atoms with E-state index >= 15 is 0 Å². The minimum atomic E-state index is -1.62. The monoisotopic (exact) mass is 1340 g/mol. The van der Waals surface area contributed by atoms with E-state index in [0.717, 1.165) is 16.7 Å². The van der Waals surface area contributed by atoms with Crippen LogP contribution in [0.4, 0.5) is 0 Å². The zero-order valence-electron chi connectivity index (χ0n) is 51.1. The molecule has 28 nitrogen and oxygen atoms in total. The summed E-state index contributed by atoms with van der Waals surface area (Å²) in [6.45, 7) is 7.33. The molecule has 4 heterocycles. The summed E-state index contributed by atoms with van der Waals surface area (Å²) >= 11 is 3.90. The fourth-order valence-electron chi connectivity index (χ4n) is 10.4. The number of ketones is 4. The zero-order valence-corrected chi connectivity index (χ0v) is 53.5. The number of carbonyl (C=O) groups excluding carboxylic acids is 13. The van der Waals surface area contributed by atoms with Crippen LogP contribution in [-0.4, -0.2) is 188 Å². The SMILES string of the molecule is CCC(C)[C@@H]1NC(=O)[C@@H]2C[C@@H](O)CN2C(=O)[C@H](CC(=O)O)CC(=O)[C@@H]2CSc3[nH]c4ccc(CC(=O)CNC(=O)C(C)CC(=O)CCCCC(=O)CCNC(=O)/C(Br)=C(/C)C(=O)O)cc4c3C[C@H](NC1=O)C(=O)NCC(=O)N[C@@H]([C@@H](C)CC)C(=O)NCC(=O)N2. The van der Waals surface area contributed by atoms with Crippen molar-refractivity contribution in [2.45, 2.75) is 166 Å². The Bertz CT molecular complexity index is 3150. The molecule has 9 amide bonds. The molecular weight excluding hydrogens is 1260 g/mol. The second kappa shape index (κ2) is 34.4. The fraction of sp³-hybridized carbons (Fsp3) is 0.583. The minimum absolute atomic E-state index is 0.00317. The van der Waals surface area contributed by atoms with Crippen molar-refractivity contribution < 1.29 is 87.2 Å². The van der Waals surface area contributed by atoms with Gasteiger partial charge in [0.2, 0.25) is 47.3 Å². The van der Waals surface area contributed by atoms with Crippen LogP contribution in [0.1, 0.15) is 123 Å². The number of halogens is 1. The first-order chi connectivity index (χ1) is 42.5. The number of fused-ring (bicyclic) bond motifs is 5. The Morgan fingerprint density at radius 2 is 1.38 bits per heavy atom. The molecule has 5 rings (SSSR count). The molecule has 1 aromatic heterocycles. The molecule has 30 heteroatoms. The van der Waals surface area contributed by atoms with E-state index in [0.29, 0.717) is 47.7 Å². The first kappa shape index (κ1) is 72.9. The molecule has 2 aromatic rings. The summed E-state index contributed by atoms with van der Waals surface area (Å²) in [6, 6.07) is -2.24. The quantitative estimate of drug-likeness (QED) is 0.0526. The number of unbranched alkanes of at least 4 members (excludes halogenated alkanes) is 1. The standard InChI is InChI=1S/C60H81BrN10O18S/c1-7-29(3)50-56(85)65-25-46(77)66-43-28-90-58-40(23-42(53(82)64-26-47(78)69-50)67-57(86)51(30(4)8-2)70-54(83)44-22-38(75)27-71(44)59(87)34(20-45(43)76)21-48(79)80)39-19-33(13-14-41(39)68-58)18-37(74)24-63-52(81)31(5)17-36(73)12-10-9-11-35(72)15-16-62-55(84)49(61)32(6)60(88)89/h13-14,19,29-31,34,38,42-44,50-51,68,75H,7-12,15-18,20-28H2,1-6H3,(H,62,84)(H,63,81)(H,64,82)(H,65,85)(H,66,77)(H,67,86)(H,69,78)(H,70,83)(H,79,80)(H,88,89)/b49-32+/t29-,30?,31?,34-,38+,42-,43-,44-,50-,51-/m0/s1. The van der Waals surface area contributed by atoms with Crippen molar-refractivity contribution in [3.05, 3.63) is 39.4 Å². The van der Waals surface area contributed by atoms with Crippen LogP contribution in [0.5, 0.6) is 0 Å². The number of thioether (sulfide) groups is 1. The lowest BCUT2D eigenvalue weighted by Crippen LogP contribution is -2.59. The van der Waals surface area contributed by atoms with Crippen LogP contribution < -0.4 is 42.5 Å². The number of Topliss-reactive ketones (excluding diaryl/α,β-unsaturated/α-hetero) is 4. The van der Waals surface area contributed by atoms with Crippen LogP contribution in [0.25, 0.3) is 10.9 Å². The van der Waals surface area contributed by atoms with Gasteiger partial charge >= 0.3 is 11.9 Å². The maximum atomic E-state index is 14.7. The number of nitrogens with one attached hydrogen (secondary N) is 9. The molecule has 3 aliphatic heterocycles. The highest BCUT2D eigenvalue weighted by molar-refractivity contribution is 9.12. The molecule has 0 saturated carbocycles. The van der Waals surface area contributed by atoms with Crippen LogP contribution in [-0.2, 0) is 84.8 Å². The Labute approximate surface area is 532 Å². The number of nitrogens with zero attached hydrogens (tertiary/aromatic N) is 1. The lowest BCUT2D eigenvalue weighted by Gasteiger charge is -2.31. The number of aromatic amines is 1. The van der Waals surface area contributed by atoms with Gasteiger partial charge < -0.3 is 67.7 Å². The molecule has 10 atom stereocenters. The van der Waals surface area contributed by atoms with Crippen molar-refractivity contribution >= 4 is 127 Å². The Morgan fingerprint density at radius 1 is 0.744 bits per heavy atom. The molecule has 90 heavy (non-hydrogen) atoms. The van der Waals surface area contributed by atoms with Crippen molar-refractivity contribution in [1.82, 2.24) is 52.4 Å². The lowest BCUT2D eigenvalue weighted by atomic mass is 9.93. The van der Waals surface area contributed by atoms with E-state index in [-0.39, 0.29) is 83.9 Å². The smallest absolute Gasteiger partial charge is 0.332 e. The van der Waals surface area contributed by atoms with Gasteiger partial charge in [-0.1, -0.05) is 53.5 Å². The van der Waals surface area contributed by atoms with E-state index in [1.165, 1.54) is 13.8 Å². The number of aromatic nitrogens is 1. The number of H-pyrrole nitrogens is 1. The van der Waals surface area contributed by atoms with Crippen molar-refractivity contribution in [2.24, 2.45) is 23.7 Å². The molecule has 2 unspecified atom stereocenters. The van der Waals surface area contributed by atoms with E-state index in [4.69, 9.17) is 5.11 Å². The molecule has 0 radical (unpaired) electrons. The Kier molecular flexibility index (Phi) is 27.8. The predicted octanol–water partition coefficient (Wildman–Crippen LogP) is 0.318. The van der Waals surface area contributed by atoms with Crippen LogP contribution in [0, 0.1) is 23.7 Å². The summed E-state index contributed by atoms with van der Waals surface area (Å²) in [5, 5.41) is 51.3. The molecule has 492 valence electrons. The maximum Gasteiger partial charge on any atom is 0.332 e. The first-order valence-electron chi connectivity index (χ1n) is 30.0. The molecule has 1 fully saturated rings. The van der Waals surface area contributed by atoms with Gasteiger partial charge in [-0.15, -0.1) is 11.8 Å². The highest BCUT2D eigenvalue weighted by atomic mass is 79.9. The first-order valence-corrected chi connectivity index (χ1v) is 31.7. The van der Waals surface area contributed by atoms with Gasteiger partial charge in [-0.3, -0.25) is 67.1 Å². The highest BCUT2D eigenvalue weighted by Gasteiger charge is 2.44. The zero-order chi connectivity index (χ0) is 66.7. The third-order valence-electron chi connectivity index (χ3n) is 16.2. The molecule has 2 bridgehead atoms. The fourth-order valence-corrected chi connectivity index (χ4v) is 11.9. The second-order valence-corrected chi connectivity index (χ2v) is 25.0. The number of hydrogen-bond donors (Lipinski definition) is 12. The minimum Gasteiger partial charge on any atom is -0.481 e. The van der Waals surface area contributed by atoms with Crippen LogP contribution in [0.2, 0.25) is 0 Å². The predicted molar refractivity (Wildman–Crippen MR) is 328 cm³/mol. The summed E-state index contributed by atoms with van der Waals surface area (Å²) < 4.78 is -0.163. The van der Waals surface area contributed by atoms with Crippen molar-refractivity contribution in [3.8, 4) is 0 Å². The van der Waals surface area contributed by atoms with E-state index < -0.39 is 176 Å². The van der Waals surface area contributed by atoms with Gasteiger partial charge in [-0.25, -0.2) is 4.79 Å². The number of carboxylic acid groups (broad SMARTS) is 2.